The highest BCUT2D eigenvalue weighted by molar-refractivity contribution is 6.31. The second kappa shape index (κ2) is 7.32. The fourth-order valence-corrected chi connectivity index (χ4v) is 2.40. The average Bonchev–Trinajstić information content (AvgIpc) is 2.50. The van der Waals surface area contributed by atoms with Crippen LogP contribution in [0.2, 0.25) is 5.02 Å². The van der Waals surface area contributed by atoms with Crippen LogP contribution in [-0.4, -0.2) is 19.6 Å². The summed E-state index contributed by atoms with van der Waals surface area (Å²) in [5.41, 5.74) is 4.20. The van der Waals surface area contributed by atoms with Crippen molar-refractivity contribution in [2.75, 3.05) is 13.7 Å². The van der Waals surface area contributed by atoms with Gasteiger partial charge in [-0.1, -0.05) is 29.8 Å². The van der Waals surface area contributed by atoms with Gasteiger partial charge in [0.25, 0.3) is 5.91 Å². The van der Waals surface area contributed by atoms with E-state index < -0.39 is 0 Å². The van der Waals surface area contributed by atoms with Gasteiger partial charge in [-0.25, -0.2) is 0 Å². The van der Waals surface area contributed by atoms with Crippen molar-refractivity contribution in [3.05, 3.63) is 63.7 Å². The Hall–Kier alpha value is -2.00. The highest BCUT2D eigenvalue weighted by atomic mass is 35.5. The lowest BCUT2D eigenvalue weighted by molar-refractivity contribution is 0.0951. The molecule has 0 aliphatic carbocycles. The van der Waals surface area contributed by atoms with Crippen molar-refractivity contribution in [3.63, 3.8) is 0 Å². The zero-order valence-electron chi connectivity index (χ0n) is 13.1. The summed E-state index contributed by atoms with van der Waals surface area (Å²) in [5.74, 6) is 0.344. The first-order chi connectivity index (χ1) is 10.5. The number of carbonyl (C=O) groups is 1. The van der Waals surface area contributed by atoms with E-state index in [1.54, 1.807) is 18.2 Å². The van der Waals surface area contributed by atoms with Crippen LogP contribution in [-0.2, 0) is 6.42 Å². The van der Waals surface area contributed by atoms with Gasteiger partial charge in [0, 0.05) is 11.6 Å². The molecule has 1 N–H and O–H groups in total. The third kappa shape index (κ3) is 4.01. The molecule has 0 bridgehead atoms. The number of benzene rings is 2. The summed E-state index contributed by atoms with van der Waals surface area (Å²) in [5, 5.41) is 3.42. The Labute approximate surface area is 136 Å². The van der Waals surface area contributed by atoms with Crippen LogP contribution >= 0.6 is 11.6 Å². The van der Waals surface area contributed by atoms with Gasteiger partial charge in [0.15, 0.2) is 0 Å². The van der Waals surface area contributed by atoms with Crippen LogP contribution in [0.15, 0.2) is 36.4 Å². The predicted octanol–water partition coefficient (Wildman–Crippen LogP) is 3.94. The van der Waals surface area contributed by atoms with Crippen LogP contribution < -0.4 is 10.1 Å². The molecule has 116 valence electrons. The molecule has 0 aliphatic heterocycles. The number of methoxy groups -OCH3 is 1. The van der Waals surface area contributed by atoms with Gasteiger partial charge in [-0.2, -0.15) is 0 Å². The standard InChI is InChI=1S/C18H20ClNO2/c1-12-4-5-14(10-13(12)2)8-9-20-18(21)16-11-15(19)6-7-17(16)22-3/h4-7,10-11H,8-9H2,1-3H3,(H,20,21). The summed E-state index contributed by atoms with van der Waals surface area (Å²) in [6.07, 6.45) is 0.787. The Morgan fingerprint density at radius 2 is 1.91 bits per heavy atom. The lowest BCUT2D eigenvalue weighted by Gasteiger charge is -2.10. The molecule has 3 nitrogen and oxygen atoms in total. The number of ether oxygens (including phenoxy) is 1. The molecule has 0 aromatic heterocycles. The van der Waals surface area contributed by atoms with Crippen LogP contribution in [0, 0.1) is 13.8 Å². The molecule has 0 saturated heterocycles. The van der Waals surface area contributed by atoms with Gasteiger partial charge >= 0.3 is 0 Å². The summed E-state index contributed by atoms with van der Waals surface area (Å²) in [6, 6.07) is 11.4. The topological polar surface area (TPSA) is 38.3 Å². The van der Waals surface area contributed by atoms with Gasteiger partial charge in [-0.3, -0.25) is 4.79 Å². The zero-order valence-corrected chi connectivity index (χ0v) is 13.8. The number of carbonyl (C=O) groups excluding carboxylic acids is 1. The number of hydrogen-bond donors (Lipinski definition) is 1. The van der Waals surface area contributed by atoms with Gasteiger partial charge < -0.3 is 10.1 Å². The minimum absolute atomic E-state index is 0.178. The maximum Gasteiger partial charge on any atom is 0.255 e. The summed E-state index contributed by atoms with van der Waals surface area (Å²) >= 11 is 5.94. The molecule has 0 unspecified atom stereocenters. The number of nitrogens with one attached hydrogen (secondary N) is 1. The predicted molar refractivity (Wildman–Crippen MR) is 90.0 cm³/mol. The van der Waals surface area contributed by atoms with E-state index in [-0.39, 0.29) is 5.91 Å². The minimum atomic E-state index is -0.178. The van der Waals surface area contributed by atoms with Crippen molar-refractivity contribution in [2.45, 2.75) is 20.3 Å². The minimum Gasteiger partial charge on any atom is -0.496 e. The zero-order chi connectivity index (χ0) is 16.1. The van der Waals surface area contributed by atoms with Gasteiger partial charge in [-0.15, -0.1) is 0 Å². The Balaban J connectivity index is 1.98. The molecule has 0 aliphatic rings. The van der Waals surface area contributed by atoms with Crippen LogP contribution in [0.1, 0.15) is 27.0 Å². The first-order valence-corrected chi connectivity index (χ1v) is 7.57. The third-order valence-corrected chi connectivity index (χ3v) is 3.91. The number of hydrogen-bond acceptors (Lipinski definition) is 2. The summed E-state index contributed by atoms with van der Waals surface area (Å²) in [6.45, 7) is 4.75. The molecule has 2 rings (SSSR count). The first-order valence-electron chi connectivity index (χ1n) is 7.19. The number of amides is 1. The molecule has 0 heterocycles. The van der Waals surface area contributed by atoms with E-state index in [9.17, 15) is 4.79 Å². The molecule has 2 aromatic carbocycles. The second-order valence-electron chi connectivity index (χ2n) is 5.27. The monoisotopic (exact) mass is 317 g/mol. The molecule has 0 radical (unpaired) electrons. The molecule has 0 saturated carbocycles. The van der Waals surface area contributed by atoms with E-state index in [0.29, 0.717) is 22.9 Å². The van der Waals surface area contributed by atoms with Crippen LogP contribution in [0.5, 0.6) is 5.75 Å². The van der Waals surface area contributed by atoms with E-state index in [0.717, 1.165) is 6.42 Å². The van der Waals surface area contributed by atoms with E-state index in [1.807, 2.05) is 0 Å². The Morgan fingerprint density at radius 3 is 2.59 bits per heavy atom. The van der Waals surface area contributed by atoms with Gasteiger partial charge in [0.2, 0.25) is 0 Å². The van der Waals surface area contributed by atoms with Crippen molar-refractivity contribution in [1.82, 2.24) is 5.32 Å². The van der Waals surface area contributed by atoms with Crippen molar-refractivity contribution in [1.29, 1.82) is 0 Å². The van der Waals surface area contributed by atoms with Gasteiger partial charge in [-0.05, 0) is 55.2 Å². The first kappa shape index (κ1) is 16.4. The molecule has 22 heavy (non-hydrogen) atoms. The molecule has 0 atom stereocenters. The van der Waals surface area contributed by atoms with E-state index in [4.69, 9.17) is 16.3 Å². The molecule has 1 amide bonds. The highest BCUT2D eigenvalue weighted by Crippen LogP contribution is 2.22. The van der Waals surface area contributed by atoms with Crippen molar-refractivity contribution < 1.29 is 9.53 Å². The van der Waals surface area contributed by atoms with E-state index in [1.165, 1.54) is 23.8 Å². The average molecular weight is 318 g/mol. The van der Waals surface area contributed by atoms with Crippen molar-refractivity contribution in [3.8, 4) is 5.75 Å². The number of halogens is 1. The lowest BCUT2D eigenvalue weighted by atomic mass is 10.0. The fourth-order valence-electron chi connectivity index (χ4n) is 2.23. The SMILES string of the molecule is COc1ccc(Cl)cc1C(=O)NCCc1ccc(C)c(C)c1. The molecule has 0 spiro atoms. The quantitative estimate of drug-likeness (QED) is 0.907. The molecule has 0 fully saturated rings. The number of aryl methyl sites for hydroxylation is 2. The molecular formula is C18H20ClNO2. The van der Waals surface area contributed by atoms with Crippen molar-refractivity contribution >= 4 is 17.5 Å². The van der Waals surface area contributed by atoms with Crippen LogP contribution in [0.3, 0.4) is 0 Å². The normalized spacial score (nSPS) is 10.4. The number of rotatable bonds is 5. The Kier molecular flexibility index (Phi) is 5.45. The van der Waals surface area contributed by atoms with Crippen LogP contribution in [0.25, 0.3) is 0 Å². The summed E-state index contributed by atoms with van der Waals surface area (Å²) in [4.78, 5) is 12.2. The molecular weight excluding hydrogens is 298 g/mol. The molecule has 2 aromatic rings. The van der Waals surface area contributed by atoms with Gasteiger partial charge in [0.1, 0.15) is 5.75 Å². The molecule has 4 heteroatoms. The van der Waals surface area contributed by atoms with Crippen LogP contribution in [0.4, 0.5) is 0 Å². The highest BCUT2D eigenvalue weighted by Gasteiger charge is 2.12. The smallest absolute Gasteiger partial charge is 0.255 e. The third-order valence-electron chi connectivity index (χ3n) is 3.68. The summed E-state index contributed by atoms with van der Waals surface area (Å²) in [7, 11) is 1.54. The maximum absolute atomic E-state index is 12.2. The Bertz CT molecular complexity index is 683. The summed E-state index contributed by atoms with van der Waals surface area (Å²) < 4.78 is 5.20. The lowest BCUT2D eigenvalue weighted by Crippen LogP contribution is -2.26. The second-order valence-corrected chi connectivity index (χ2v) is 5.71. The van der Waals surface area contributed by atoms with Gasteiger partial charge in [0.05, 0.1) is 12.7 Å². The van der Waals surface area contributed by atoms with Crippen molar-refractivity contribution in [2.24, 2.45) is 0 Å². The Morgan fingerprint density at radius 1 is 1.14 bits per heavy atom. The fraction of sp³-hybridized carbons (Fsp3) is 0.278. The van der Waals surface area contributed by atoms with E-state index in [2.05, 4.69) is 37.4 Å². The maximum atomic E-state index is 12.2. The van der Waals surface area contributed by atoms with E-state index >= 15 is 0 Å². The largest absolute Gasteiger partial charge is 0.496 e.